The largest absolute Gasteiger partial charge is 0.497 e. The maximum Gasteiger partial charge on any atom is 0.359 e. The first-order valence-electron chi connectivity index (χ1n) is 8.95. The summed E-state index contributed by atoms with van der Waals surface area (Å²) in [6.45, 7) is 0.993. The highest BCUT2D eigenvalue weighted by Gasteiger charge is 2.44. The Bertz CT molecular complexity index is 1280. The van der Waals surface area contributed by atoms with Gasteiger partial charge in [0.25, 0.3) is 5.60 Å². The zero-order chi connectivity index (χ0) is 21.5. The molecule has 4 aromatic rings. The SMILES string of the molecule is COc1ccc2nc(-c3ccc4cc(OC(C)(C(=O)O)C(=O)O)ccc4c3)oc2c1. The second kappa shape index (κ2) is 7.07. The lowest BCUT2D eigenvalue weighted by atomic mass is 10.1. The molecule has 0 aliphatic carbocycles. The fraction of sp³-hybridized carbons (Fsp3) is 0.136. The number of rotatable bonds is 6. The fourth-order valence-electron chi connectivity index (χ4n) is 2.99. The predicted octanol–water partition coefficient (Wildman–Crippen LogP) is 3.96. The summed E-state index contributed by atoms with van der Waals surface area (Å²) in [5, 5.41) is 20.0. The Balaban J connectivity index is 1.68. The number of benzene rings is 3. The van der Waals surface area contributed by atoms with E-state index in [1.165, 1.54) is 6.07 Å². The standard InChI is InChI=1S/C22H17NO7/c1-22(20(24)25,21(26)27)30-16-6-5-12-9-14(4-3-13(12)10-16)19-23-17-8-7-15(28-2)11-18(17)29-19/h3-11H,1-2H3,(H,24,25)(H,26,27). The molecule has 0 aliphatic rings. The van der Waals surface area contributed by atoms with Gasteiger partial charge in [0, 0.05) is 11.6 Å². The molecule has 0 radical (unpaired) electrons. The van der Waals surface area contributed by atoms with Gasteiger partial charge < -0.3 is 24.1 Å². The Hall–Kier alpha value is -4.07. The van der Waals surface area contributed by atoms with Crippen LogP contribution in [0, 0.1) is 0 Å². The Morgan fingerprint density at radius 2 is 1.60 bits per heavy atom. The lowest BCUT2D eigenvalue weighted by Gasteiger charge is -2.21. The monoisotopic (exact) mass is 407 g/mol. The predicted molar refractivity (Wildman–Crippen MR) is 108 cm³/mol. The smallest absolute Gasteiger partial charge is 0.359 e. The molecule has 4 rings (SSSR count). The minimum atomic E-state index is -2.38. The summed E-state index contributed by atoms with van der Waals surface area (Å²) in [6, 6.07) is 15.7. The van der Waals surface area contributed by atoms with Crippen molar-refractivity contribution in [2.75, 3.05) is 7.11 Å². The summed E-state index contributed by atoms with van der Waals surface area (Å²) < 4.78 is 16.3. The molecule has 30 heavy (non-hydrogen) atoms. The molecule has 0 bridgehead atoms. The first-order chi connectivity index (χ1) is 14.3. The molecule has 0 atom stereocenters. The first-order valence-corrected chi connectivity index (χ1v) is 8.95. The van der Waals surface area contributed by atoms with Crippen LogP contribution in [-0.4, -0.2) is 39.8 Å². The normalized spacial score (nSPS) is 11.5. The zero-order valence-electron chi connectivity index (χ0n) is 16.1. The highest BCUT2D eigenvalue weighted by molar-refractivity contribution is 6.01. The minimum Gasteiger partial charge on any atom is -0.497 e. The number of hydrogen-bond donors (Lipinski definition) is 2. The van der Waals surface area contributed by atoms with Crippen molar-refractivity contribution >= 4 is 33.8 Å². The zero-order valence-corrected chi connectivity index (χ0v) is 16.1. The molecule has 0 spiro atoms. The molecule has 8 heteroatoms. The Kier molecular flexibility index (Phi) is 4.54. The summed E-state index contributed by atoms with van der Waals surface area (Å²) in [4.78, 5) is 27.1. The number of methoxy groups -OCH3 is 1. The number of fused-ring (bicyclic) bond motifs is 2. The number of nitrogens with zero attached hydrogens (tertiary/aromatic N) is 1. The molecule has 152 valence electrons. The van der Waals surface area contributed by atoms with Gasteiger partial charge in [0.15, 0.2) is 5.58 Å². The molecule has 0 fully saturated rings. The van der Waals surface area contributed by atoms with E-state index < -0.39 is 17.5 Å². The van der Waals surface area contributed by atoms with Crippen LogP contribution in [0.4, 0.5) is 0 Å². The van der Waals surface area contributed by atoms with E-state index >= 15 is 0 Å². The summed E-state index contributed by atoms with van der Waals surface area (Å²) in [5.74, 6) is -1.91. The summed E-state index contributed by atoms with van der Waals surface area (Å²) in [7, 11) is 1.58. The van der Waals surface area contributed by atoms with E-state index in [1.807, 2.05) is 18.2 Å². The van der Waals surface area contributed by atoms with Crippen LogP contribution in [0.25, 0.3) is 33.3 Å². The first kappa shape index (κ1) is 19.3. The molecular weight excluding hydrogens is 390 g/mol. The topological polar surface area (TPSA) is 119 Å². The van der Waals surface area contributed by atoms with Crippen molar-refractivity contribution in [1.29, 1.82) is 0 Å². The van der Waals surface area contributed by atoms with E-state index in [-0.39, 0.29) is 5.75 Å². The average molecular weight is 407 g/mol. The molecule has 0 saturated carbocycles. The lowest BCUT2D eigenvalue weighted by molar-refractivity contribution is -0.170. The molecule has 0 amide bonds. The highest BCUT2D eigenvalue weighted by Crippen LogP contribution is 2.31. The van der Waals surface area contributed by atoms with Crippen molar-refractivity contribution in [3.63, 3.8) is 0 Å². The van der Waals surface area contributed by atoms with Crippen LogP contribution in [0.1, 0.15) is 6.92 Å². The molecule has 2 N–H and O–H groups in total. The van der Waals surface area contributed by atoms with E-state index in [4.69, 9.17) is 13.9 Å². The summed E-state index contributed by atoms with van der Waals surface area (Å²) in [6.07, 6.45) is 0. The van der Waals surface area contributed by atoms with Crippen LogP contribution in [0.5, 0.6) is 11.5 Å². The van der Waals surface area contributed by atoms with Gasteiger partial charge >= 0.3 is 11.9 Å². The molecular formula is C22H17NO7. The maximum absolute atomic E-state index is 11.3. The Labute approximate surface area is 170 Å². The molecule has 0 saturated heterocycles. The molecule has 1 aromatic heterocycles. The van der Waals surface area contributed by atoms with Gasteiger partial charge in [0.05, 0.1) is 7.11 Å². The molecule has 0 aliphatic heterocycles. The Morgan fingerprint density at radius 3 is 2.30 bits per heavy atom. The van der Waals surface area contributed by atoms with Crippen molar-refractivity contribution in [3.05, 3.63) is 54.6 Å². The third-order valence-corrected chi connectivity index (χ3v) is 4.79. The van der Waals surface area contributed by atoms with Crippen LogP contribution in [0.3, 0.4) is 0 Å². The van der Waals surface area contributed by atoms with Gasteiger partial charge in [-0.15, -0.1) is 0 Å². The number of aromatic nitrogens is 1. The van der Waals surface area contributed by atoms with Crippen LogP contribution in [-0.2, 0) is 9.59 Å². The van der Waals surface area contributed by atoms with Gasteiger partial charge in [-0.05, 0) is 54.1 Å². The lowest BCUT2D eigenvalue weighted by Crippen LogP contribution is -2.49. The molecule has 3 aromatic carbocycles. The molecule has 8 nitrogen and oxygen atoms in total. The third-order valence-electron chi connectivity index (χ3n) is 4.79. The molecule has 1 heterocycles. The van der Waals surface area contributed by atoms with Gasteiger partial charge in [-0.3, -0.25) is 0 Å². The minimum absolute atomic E-state index is 0.136. The fourth-order valence-corrected chi connectivity index (χ4v) is 2.99. The van der Waals surface area contributed by atoms with Crippen molar-refractivity contribution in [2.24, 2.45) is 0 Å². The van der Waals surface area contributed by atoms with Crippen LogP contribution >= 0.6 is 0 Å². The maximum atomic E-state index is 11.3. The van der Waals surface area contributed by atoms with Gasteiger partial charge in [0.2, 0.25) is 5.89 Å². The van der Waals surface area contributed by atoms with Gasteiger partial charge in [0.1, 0.15) is 17.0 Å². The quantitative estimate of drug-likeness (QED) is 0.461. The van der Waals surface area contributed by atoms with Crippen molar-refractivity contribution < 1.29 is 33.7 Å². The third kappa shape index (κ3) is 3.28. The van der Waals surface area contributed by atoms with E-state index in [2.05, 4.69) is 4.98 Å². The van der Waals surface area contributed by atoms with Crippen molar-refractivity contribution in [2.45, 2.75) is 12.5 Å². The number of carboxylic acid groups (broad SMARTS) is 2. The van der Waals surface area contributed by atoms with Gasteiger partial charge in [-0.2, -0.15) is 0 Å². The summed E-state index contributed by atoms with van der Waals surface area (Å²) >= 11 is 0. The van der Waals surface area contributed by atoms with Crippen LogP contribution < -0.4 is 9.47 Å². The number of carbonyl (C=O) groups is 2. The van der Waals surface area contributed by atoms with Crippen molar-refractivity contribution in [3.8, 4) is 23.0 Å². The summed E-state index contributed by atoms with van der Waals surface area (Å²) in [5.41, 5.74) is -0.314. The second-order valence-corrected chi connectivity index (χ2v) is 6.82. The van der Waals surface area contributed by atoms with Gasteiger partial charge in [-0.25, -0.2) is 14.6 Å². The van der Waals surface area contributed by atoms with E-state index in [9.17, 15) is 19.8 Å². The number of aliphatic carboxylic acids is 2. The molecule has 0 unspecified atom stereocenters. The highest BCUT2D eigenvalue weighted by atomic mass is 16.6. The second-order valence-electron chi connectivity index (χ2n) is 6.82. The number of oxazole rings is 1. The number of carboxylic acids is 2. The van der Waals surface area contributed by atoms with E-state index in [1.54, 1.807) is 37.4 Å². The van der Waals surface area contributed by atoms with E-state index in [0.29, 0.717) is 22.7 Å². The number of hydrogen-bond acceptors (Lipinski definition) is 6. The van der Waals surface area contributed by atoms with Gasteiger partial charge in [-0.1, -0.05) is 12.1 Å². The average Bonchev–Trinajstić information content (AvgIpc) is 3.16. The number of ether oxygens (including phenoxy) is 2. The van der Waals surface area contributed by atoms with Crippen LogP contribution in [0.15, 0.2) is 59.0 Å². The van der Waals surface area contributed by atoms with E-state index in [0.717, 1.165) is 23.3 Å². The van der Waals surface area contributed by atoms with Crippen LogP contribution in [0.2, 0.25) is 0 Å². The Morgan fingerprint density at radius 1 is 0.933 bits per heavy atom. The van der Waals surface area contributed by atoms with Crippen molar-refractivity contribution in [1.82, 2.24) is 4.98 Å².